The number of nitrogens with zero attached hydrogens (tertiary/aromatic N) is 3. The summed E-state index contributed by atoms with van der Waals surface area (Å²) in [4.78, 5) is 17.8. The fraction of sp³-hybridized carbons (Fsp3) is 0.278. The van der Waals surface area contributed by atoms with Gasteiger partial charge in [0.15, 0.2) is 5.13 Å². The summed E-state index contributed by atoms with van der Waals surface area (Å²) >= 11 is 1.43. The van der Waals surface area contributed by atoms with Crippen LogP contribution in [0.4, 0.5) is 9.52 Å². The van der Waals surface area contributed by atoms with Crippen molar-refractivity contribution in [3.8, 4) is 11.1 Å². The molecule has 2 aromatic heterocycles. The number of amides is 1. The fourth-order valence-corrected chi connectivity index (χ4v) is 4.23. The molecule has 0 bridgehead atoms. The number of primary amides is 1. The van der Waals surface area contributed by atoms with Crippen LogP contribution in [0.15, 0.2) is 35.8 Å². The number of nitrogens with one attached hydrogen (secondary N) is 1. The lowest BCUT2D eigenvalue weighted by molar-refractivity contribution is 0.0996. The van der Waals surface area contributed by atoms with Crippen molar-refractivity contribution in [3.63, 3.8) is 0 Å². The quantitative estimate of drug-likeness (QED) is 0.737. The van der Waals surface area contributed by atoms with Crippen LogP contribution in [-0.4, -0.2) is 34.2 Å². The maximum Gasteiger partial charge on any atom is 0.268 e. The number of hydrogen-bond acceptors (Lipinski definition) is 5. The Morgan fingerprint density at radius 1 is 1.35 bits per heavy atom. The molecular weight excluding hydrogens is 353 g/mol. The van der Waals surface area contributed by atoms with Crippen molar-refractivity contribution >= 4 is 22.4 Å². The summed E-state index contributed by atoms with van der Waals surface area (Å²) in [5, 5.41) is 9.84. The van der Waals surface area contributed by atoms with Gasteiger partial charge in [-0.05, 0) is 30.5 Å². The van der Waals surface area contributed by atoms with E-state index in [-0.39, 0.29) is 11.7 Å². The first-order chi connectivity index (χ1) is 12.6. The molecule has 6 nitrogen and oxygen atoms in total. The van der Waals surface area contributed by atoms with Gasteiger partial charge in [0.1, 0.15) is 11.5 Å². The van der Waals surface area contributed by atoms with Crippen molar-refractivity contribution in [1.29, 1.82) is 0 Å². The molecular formula is C18H18FN5OS. The summed E-state index contributed by atoms with van der Waals surface area (Å²) in [5.74, 6) is -0.503. The third-order valence-corrected chi connectivity index (χ3v) is 5.57. The summed E-state index contributed by atoms with van der Waals surface area (Å²) in [5.41, 5.74) is 8.59. The number of aromatic nitrogens is 3. The van der Waals surface area contributed by atoms with E-state index in [4.69, 9.17) is 5.73 Å². The number of nitrogens with two attached hydrogens (primary N) is 1. The van der Waals surface area contributed by atoms with Crippen molar-refractivity contribution in [3.05, 3.63) is 53.0 Å². The Labute approximate surface area is 153 Å². The second kappa shape index (κ2) is 6.87. The lowest BCUT2D eigenvalue weighted by Crippen LogP contribution is -2.34. The normalized spacial score (nSPS) is 17.4. The number of rotatable bonds is 4. The molecule has 1 saturated heterocycles. The third kappa shape index (κ3) is 3.20. The van der Waals surface area contributed by atoms with Crippen LogP contribution in [-0.2, 0) is 0 Å². The zero-order chi connectivity index (χ0) is 18.1. The predicted octanol–water partition coefficient (Wildman–Crippen LogP) is 3.16. The summed E-state index contributed by atoms with van der Waals surface area (Å²) < 4.78 is 13.2. The van der Waals surface area contributed by atoms with E-state index < -0.39 is 5.91 Å². The van der Waals surface area contributed by atoms with E-state index >= 15 is 0 Å². The lowest BCUT2D eigenvalue weighted by Gasteiger charge is -2.32. The number of aromatic amines is 1. The van der Waals surface area contributed by atoms with Crippen LogP contribution < -0.4 is 10.6 Å². The molecule has 0 unspecified atom stereocenters. The molecule has 1 aliphatic heterocycles. The minimum Gasteiger partial charge on any atom is -0.364 e. The van der Waals surface area contributed by atoms with Crippen molar-refractivity contribution < 1.29 is 9.18 Å². The fourth-order valence-electron chi connectivity index (χ4n) is 3.38. The highest BCUT2D eigenvalue weighted by molar-refractivity contribution is 7.13. The number of thiazole rings is 1. The Morgan fingerprint density at radius 3 is 2.88 bits per heavy atom. The standard InChI is InChI=1S/C18H18FN5OS/c19-13-5-3-11(4-6-13)14-8-21-23-16(14)12-2-1-7-24(9-12)18-22-15(10-26-18)17(20)25/h3-6,8,10,12H,1-2,7,9H2,(H2,20,25)(H,21,23)/t12-/m1/s1. The molecule has 0 aliphatic carbocycles. The Bertz CT molecular complexity index is 920. The molecule has 4 rings (SSSR count). The number of carbonyl (C=O) groups excluding carboxylic acids is 1. The van der Waals surface area contributed by atoms with Gasteiger partial charge in [0.25, 0.3) is 5.91 Å². The second-order valence-electron chi connectivity index (χ2n) is 6.37. The van der Waals surface area contributed by atoms with Gasteiger partial charge in [0, 0.05) is 35.6 Å². The van der Waals surface area contributed by atoms with Crippen LogP contribution >= 0.6 is 11.3 Å². The largest absolute Gasteiger partial charge is 0.364 e. The van der Waals surface area contributed by atoms with E-state index in [1.54, 1.807) is 23.7 Å². The van der Waals surface area contributed by atoms with Crippen molar-refractivity contribution in [2.24, 2.45) is 5.73 Å². The molecule has 3 N–H and O–H groups in total. The Kier molecular flexibility index (Phi) is 4.42. The molecule has 1 aromatic carbocycles. The van der Waals surface area contributed by atoms with Crippen molar-refractivity contribution in [1.82, 2.24) is 15.2 Å². The van der Waals surface area contributed by atoms with E-state index in [1.165, 1.54) is 23.5 Å². The lowest BCUT2D eigenvalue weighted by atomic mass is 9.91. The topological polar surface area (TPSA) is 87.9 Å². The van der Waals surface area contributed by atoms with Crippen LogP contribution in [0.1, 0.15) is 34.9 Å². The highest BCUT2D eigenvalue weighted by Gasteiger charge is 2.27. The van der Waals surface area contributed by atoms with Crippen LogP contribution in [0.3, 0.4) is 0 Å². The van der Waals surface area contributed by atoms with E-state index in [2.05, 4.69) is 20.1 Å². The van der Waals surface area contributed by atoms with Crippen LogP contribution in [0.2, 0.25) is 0 Å². The Morgan fingerprint density at radius 2 is 2.15 bits per heavy atom. The molecule has 0 radical (unpaired) electrons. The molecule has 1 fully saturated rings. The number of piperidine rings is 1. The van der Waals surface area contributed by atoms with Gasteiger partial charge >= 0.3 is 0 Å². The van der Waals surface area contributed by atoms with E-state index in [9.17, 15) is 9.18 Å². The number of halogens is 1. The van der Waals surface area contributed by atoms with Crippen LogP contribution in [0, 0.1) is 5.82 Å². The van der Waals surface area contributed by atoms with Crippen molar-refractivity contribution in [2.75, 3.05) is 18.0 Å². The zero-order valence-corrected chi connectivity index (χ0v) is 14.8. The van der Waals surface area contributed by atoms with Crippen molar-refractivity contribution in [2.45, 2.75) is 18.8 Å². The first-order valence-electron chi connectivity index (χ1n) is 8.41. The van der Waals surface area contributed by atoms with E-state index in [1.807, 2.05) is 0 Å². The smallest absolute Gasteiger partial charge is 0.268 e. The maximum atomic E-state index is 13.2. The number of anilines is 1. The minimum atomic E-state index is -0.506. The van der Waals surface area contributed by atoms with Crippen LogP contribution in [0.25, 0.3) is 11.1 Å². The molecule has 134 valence electrons. The molecule has 3 aromatic rings. The van der Waals surface area contributed by atoms with Gasteiger partial charge in [0.2, 0.25) is 0 Å². The Hall–Kier alpha value is -2.74. The highest BCUT2D eigenvalue weighted by Crippen LogP contribution is 2.35. The van der Waals surface area contributed by atoms with Gasteiger partial charge in [-0.15, -0.1) is 11.3 Å². The SMILES string of the molecule is NC(=O)c1csc(N2CCC[C@@H](c3[nH]ncc3-c3ccc(F)cc3)C2)n1. The first kappa shape index (κ1) is 16.7. The molecule has 1 aliphatic rings. The number of hydrogen-bond donors (Lipinski definition) is 2. The monoisotopic (exact) mass is 371 g/mol. The summed E-state index contributed by atoms with van der Waals surface area (Å²) in [6.07, 6.45) is 3.83. The summed E-state index contributed by atoms with van der Waals surface area (Å²) in [6, 6.07) is 6.45. The molecule has 8 heteroatoms. The van der Waals surface area contributed by atoms with Gasteiger partial charge < -0.3 is 10.6 Å². The molecule has 26 heavy (non-hydrogen) atoms. The maximum absolute atomic E-state index is 13.2. The second-order valence-corrected chi connectivity index (χ2v) is 7.21. The average Bonchev–Trinajstić information content (AvgIpc) is 3.32. The van der Waals surface area contributed by atoms with Gasteiger partial charge in [0.05, 0.1) is 6.20 Å². The minimum absolute atomic E-state index is 0.253. The van der Waals surface area contributed by atoms with E-state index in [0.717, 1.165) is 47.9 Å². The number of H-pyrrole nitrogens is 1. The molecule has 1 atom stereocenters. The van der Waals surface area contributed by atoms with Gasteiger partial charge in [-0.1, -0.05) is 12.1 Å². The van der Waals surface area contributed by atoms with Crippen LogP contribution in [0.5, 0.6) is 0 Å². The molecule has 0 spiro atoms. The zero-order valence-electron chi connectivity index (χ0n) is 14.0. The molecule has 1 amide bonds. The van der Waals surface area contributed by atoms with Gasteiger partial charge in [-0.2, -0.15) is 5.10 Å². The third-order valence-electron chi connectivity index (χ3n) is 4.67. The predicted molar refractivity (Wildman–Crippen MR) is 98.8 cm³/mol. The van der Waals surface area contributed by atoms with E-state index in [0.29, 0.717) is 5.69 Å². The molecule has 3 heterocycles. The van der Waals surface area contributed by atoms with Gasteiger partial charge in [-0.25, -0.2) is 9.37 Å². The number of benzene rings is 1. The van der Waals surface area contributed by atoms with Gasteiger partial charge in [-0.3, -0.25) is 9.89 Å². The number of carbonyl (C=O) groups is 1. The average molecular weight is 371 g/mol. The first-order valence-corrected chi connectivity index (χ1v) is 9.29. The summed E-state index contributed by atoms with van der Waals surface area (Å²) in [7, 11) is 0. The molecule has 0 saturated carbocycles. The Balaban J connectivity index is 1.58. The summed E-state index contributed by atoms with van der Waals surface area (Å²) in [6.45, 7) is 1.67. The highest BCUT2D eigenvalue weighted by atomic mass is 32.1.